The molecular weight excluding hydrogens is 368 g/mol. The van der Waals surface area contributed by atoms with Crippen molar-refractivity contribution in [2.75, 3.05) is 45.0 Å². The van der Waals surface area contributed by atoms with Crippen molar-refractivity contribution in [3.8, 4) is 5.75 Å². The smallest absolute Gasteiger partial charge is 0.338 e. The minimum absolute atomic E-state index is 0.0529. The highest BCUT2D eigenvalue weighted by molar-refractivity contribution is 5.99. The van der Waals surface area contributed by atoms with Crippen molar-refractivity contribution in [2.45, 2.75) is 26.7 Å². The predicted octanol–water partition coefficient (Wildman–Crippen LogP) is 1.29. The monoisotopic (exact) mass is 394 g/mol. The Kier molecular flexibility index (Phi) is 7.02. The van der Waals surface area contributed by atoms with E-state index in [-0.39, 0.29) is 30.5 Å². The maximum Gasteiger partial charge on any atom is 0.338 e. The zero-order chi connectivity index (χ0) is 20.7. The molecule has 0 fully saturated rings. The van der Waals surface area contributed by atoms with E-state index in [4.69, 9.17) is 24.7 Å². The number of carbonyl (C=O) groups is 2. The summed E-state index contributed by atoms with van der Waals surface area (Å²) in [5.74, 6) is -0.195. The number of unbranched alkanes of at least 4 members (excludes halogenated alkanes) is 1. The van der Waals surface area contributed by atoms with Crippen LogP contribution in [-0.2, 0) is 23.8 Å². The molecule has 10 nitrogen and oxygen atoms in total. The van der Waals surface area contributed by atoms with E-state index in [0.29, 0.717) is 18.1 Å². The predicted molar refractivity (Wildman–Crippen MR) is 100 cm³/mol. The summed E-state index contributed by atoms with van der Waals surface area (Å²) < 4.78 is 21.0. The Morgan fingerprint density at radius 1 is 1.36 bits per heavy atom. The Morgan fingerprint density at radius 3 is 2.75 bits per heavy atom. The highest BCUT2D eigenvalue weighted by Crippen LogP contribution is 2.39. The van der Waals surface area contributed by atoms with Gasteiger partial charge in [-0.1, -0.05) is 13.3 Å². The molecule has 1 unspecified atom stereocenters. The molecule has 0 radical (unpaired) electrons. The number of nitrogens with one attached hydrogen (secondary N) is 1. The van der Waals surface area contributed by atoms with E-state index >= 15 is 0 Å². The molecule has 1 aliphatic rings. The van der Waals surface area contributed by atoms with Crippen LogP contribution in [0.3, 0.4) is 0 Å². The zero-order valence-electron chi connectivity index (χ0n) is 16.5. The lowest BCUT2D eigenvalue weighted by Gasteiger charge is -2.20. The quantitative estimate of drug-likeness (QED) is 0.466. The molecule has 1 aromatic rings. The number of aromatic nitrogens is 2. The van der Waals surface area contributed by atoms with Crippen LogP contribution >= 0.6 is 0 Å². The van der Waals surface area contributed by atoms with E-state index in [1.807, 2.05) is 0 Å². The van der Waals surface area contributed by atoms with Gasteiger partial charge >= 0.3 is 11.9 Å². The maximum atomic E-state index is 12.3. The molecule has 1 atom stereocenters. The van der Waals surface area contributed by atoms with Gasteiger partial charge in [0.1, 0.15) is 24.4 Å². The summed E-state index contributed by atoms with van der Waals surface area (Å²) in [6.07, 6.45) is 3.39. The van der Waals surface area contributed by atoms with Gasteiger partial charge in [-0.3, -0.25) is 4.79 Å². The summed E-state index contributed by atoms with van der Waals surface area (Å²) in [4.78, 5) is 32.5. The van der Waals surface area contributed by atoms with Gasteiger partial charge in [0, 0.05) is 6.54 Å². The first-order valence-electron chi connectivity index (χ1n) is 8.89. The summed E-state index contributed by atoms with van der Waals surface area (Å²) in [7, 11) is 2.48. The number of nitrogens with two attached hydrogens (primary N) is 1. The zero-order valence-corrected chi connectivity index (χ0v) is 16.5. The largest absolute Gasteiger partial charge is 0.492 e. The van der Waals surface area contributed by atoms with E-state index in [1.54, 1.807) is 6.92 Å². The topological polar surface area (TPSA) is 135 Å². The molecule has 154 valence electrons. The van der Waals surface area contributed by atoms with Gasteiger partial charge in [0.2, 0.25) is 5.95 Å². The summed E-state index contributed by atoms with van der Waals surface area (Å²) >= 11 is 0. The number of anilines is 2. The van der Waals surface area contributed by atoms with Gasteiger partial charge in [-0.25, -0.2) is 9.78 Å². The number of hydrogen-bond acceptors (Lipinski definition) is 10. The van der Waals surface area contributed by atoms with Crippen molar-refractivity contribution in [2.24, 2.45) is 5.41 Å². The molecule has 1 aliphatic heterocycles. The lowest BCUT2D eigenvalue weighted by Crippen LogP contribution is -2.35. The number of hydrogen-bond donors (Lipinski definition) is 2. The normalized spacial score (nSPS) is 18.4. The number of rotatable bonds is 9. The Labute approximate surface area is 163 Å². The van der Waals surface area contributed by atoms with Crippen LogP contribution in [-0.4, -0.2) is 55.9 Å². The van der Waals surface area contributed by atoms with Crippen LogP contribution < -0.4 is 15.8 Å². The Bertz CT molecular complexity index is 766. The molecule has 0 bridgehead atoms. The van der Waals surface area contributed by atoms with E-state index < -0.39 is 17.4 Å². The molecule has 0 saturated heterocycles. The summed E-state index contributed by atoms with van der Waals surface area (Å²) in [6.45, 7) is 4.15. The van der Waals surface area contributed by atoms with Gasteiger partial charge in [0.15, 0.2) is 11.6 Å². The Hall–Kier alpha value is -3.04. The second-order valence-electron chi connectivity index (χ2n) is 6.41. The number of nitrogen functional groups attached to an aromatic ring is 1. The second-order valence-corrected chi connectivity index (χ2v) is 6.41. The number of nitrogens with zero attached hydrogens (tertiary/aromatic N) is 2. The molecule has 3 N–H and O–H groups in total. The van der Waals surface area contributed by atoms with E-state index in [9.17, 15) is 9.59 Å². The van der Waals surface area contributed by atoms with Crippen LogP contribution in [0.1, 0.15) is 26.7 Å². The van der Waals surface area contributed by atoms with Crippen molar-refractivity contribution in [3.05, 3.63) is 17.5 Å². The molecule has 0 amide bonds. The van der Waals surface area contributed by atoms with Gasteiger partial charge in [-0.05, 0) is 13.3 Å². The van der Waals surface area contributed by atoms with Crippen molar-refractivity contribution in [3.63, 3.8) is 0 Å². The number of ether oxygens (including phenoxy) is 4. The third-order valence-electron chi connectivity index (χ3n) is 4.35. The molecule has 2 heterocycles. The lowest BCUT2D eigenvalue weighted by atomic mass is 9.83. The van der Waals surface area contributed by atoms with Crippen LogP contribution in [0.2, 0.25) is 0 Å². The third-order valence-corrected chi connectivity index (χ3v) is 4.35. The van der Waals surface area contributed by atoms with Gasteiger partial charge < -0.3 is 30.0 Å². The first-order chi connectivity index (χ1) is 13.4. The standard InChI is InChI=1S/C18H26N4O6/c1-5-6-7-20-14-11(8-21-17(19)22-14)27-9-12-13(15(23)25-3)18(2,10-28-12)16(24)26-4/h8H,5-7,9-10H2,1-4H3,(H3,19,20,21,22). The molecule has 28 heavy (non-hydrogen) atoms. The van der Waals surface area contributed by atoms with Gasteiger partial charge in [0.25, 0.3) is 0 Å². The van der Waals surface area contributed by atoms with Crippen molar-refractivity contribution >= 4 is 23.7 Å². The highest BCUT2D eigenvalue weighted by atomic mass is 16.6. The molecule has 0 spiro atoms. The number of methoxy groups -OCH3 is 2. The minimum atomic E-state index is -1.28. The molecule has 0 aliphatic carbocycles. The Morgan fingerprint density at radius 2 is 2.11 bits per heavy atom. The van der Waals surface area contributed by atoms with Crippen LogP contribution in [0.4, 0.5) is 11.8 Å². The van der Waals surface area contributed by atoms with Crippen LogP contribution in [0.25, 0.3) is 0 Å². The minimum Gasteiger partial charge on any atom is -0.492 e. The van der Waals surface area contributed by atoms with Gasteiger partial charge in [-0.15, -0.1) is 0 Å². The first kappa shape index (κ1) is 21.3. The van der Waals surface area contributed by atoms with Crippen LogP contribution in [0.5, 0.6) is 5.75 Å². The number of carbonyl (C=O) groups excluding carboxylic acids is 2. The first-order valence-corrected chi connectivity index (χ1v) is 8.89. The average Bonchev–Trinajstić information content (AvgIpc) is 3.04. The van der Waals surface area contributed by atoms with Crippen LogP contribution in [0, 0.1) is 5.41 Å². The van der Waals surface area contributed by atoms with E-state index in [2.05, 4.69) is 22.2 Å². The lowest BCUT2D eigenvalue weighted by molar-refractivity contribution is -0.153. The SMILES string of the molecule is CCCCNc1nc(N)ncc1OCC1=C(C(=O)OC)C(C)(C(=O)OC)CO1. The molecule has 0 saturated carbocycles. The van der Waals surface area contributed by atoms with Crippen molar-refractivity contribution in [1.82, 2.24) is 9.97 Å². The summed E-state index contributed by atoms with van der Waals surface area (Å²) in [6, 6.07) is 0. The molecule has 2 rings (SSSR count). The fourth-order valence-electron chi connectivity index (χ4n) is 2.77. The van der Waals surface area contributed by atoms with Crippen LogP contribution in [0.15, 0.2) is 17.5 Å². The average molecular weight is 394 g/mol. The molecule has 1 aromatic heterocycles. The van der Waals surface area contributed by atoms with E-state index in [0.717, 1.165) is 12.8 Å². The van der Waals surface area contributed by atoms with E-state index in [1.165, 1.54) is 20.4 Å². The van der Waals surface area contributed by atoms with Gasteiger partial charge in [-0.2, -0.15) is 4.98 Å². The molecule has 10 heteroatoms. The van der Waals surface area contributed by atoms with Crippen molar-refractivity contribution in [1.29, 1.82) is 0 Å². The van der Waals surface area contributed by atoms with Gasteiger partial charge in [0.05, 0.1) is 26.0 Å². The maximum absolute atomic E-state index is 12.3. The fraction of sp³-hybridized carbons (Fsp3) is 0.556. The molecular formula is C18H26N4O6. The number of esters is 2. The third kappa shape index (κ3) is 4.44. The highest BCUT2D eigenvalue weighted by Gasteiger charge is 2.50. The summed E-state index contributed by atoms with van der Waals surface area (Å²) in [5, 5.41) is 3.14. The summed E-state index contributed by atoms with van der Waals surface area (Å²) in [5.41, 5.74) is 4.44. The molecule has 0 aromatic carbocycles. The Balaban J connectivity index is 2.25. The fourth-order valence-corrected chi connectivity index (χ4v) is 2.77. The second kappa shape index (κ2) is 9.25. The van der Waals surface area contributed by atoms with Crippen molar-refractivity contribution < 1.29 is 28.5 Å².